The van der Waals surface area contributed by atoms with Crippen molar-refractivity contribution in [1.29, 1.82) is 0 Å². The summed E-state index contributed by atoms with van der Waals surface area (Å²) in [6, 6.07) is 6.17. The van der Waals surface area contributed by atoms with Crippen LogP contribution in [0.25, 0.3) is 0 Å². The van der Waals surface area contributed by atoms with Crippen LogP contribution in [0.15, 0.2) is 24.3 Å². The summed E-state index contributed by atoms with van der Waals surface area (Å²) in [4.78, 5) is 25.4. The first-order valence-corrected chi connectivity index (χ1v) is 6.60. The van der Waals surface area contributed by atoms with E-state index in [0.29, 0.717) is 24.3 Å². The number of amides is 2. The average Bonchev–Trinajstić information content (AvgIpc) is 2.52. The molecule has 1 saturated heterocycles. The van der Waals surface area contributed by atoms with E-state index in [2.05, 4.69) is 11.8 Å². The van der Waals surface area contributed by atoms with Gasteiger partial charge in [-0.3, -0.25) is 9.59 Å². The second-order valence-corrected chi connectivity index (χ2v) is 4.58. The molecule has 1 aromatic carbocycles. The Labute approximate surface area is 123 Å². The number of nitrogens with zero attached hydrogens (tertiary/aromatic N) is 1. The van der Waals surface area contributed by atoms with Gasteiger partial charge in [0.2, 0.25) is 5.91 Å². The zero-order valence-electron chi connectivity index (χ0n) is 11.5. The van der Waals surface area contributed by atoms with Crippen LogP contribution in [-0.4, -0.2) is 49.1 Å². The maximum atomic E-state index is 12.5. The van der Waals surface area contributed by atoms with E-state index in [1.807, 2.05) is 0 Å². The zero-order valence-corrected chi connectivity index (χ0v) is 11.5. The van der Waals surface area contributed by atoms with Gasteiger partial charge in [-0.2, -0.15) is 0 Å². The van der Waals surface area contributed by atoms with Gasteiger partial charge in [0.25, 0.3) is 5.91 Å². The highest BCUT2D eigenvalue weighted by atomic mass is 16.5. The van der Waals surface area contributed by atoms with Gasteiger partial charge in [0.05, 0.1) is 19.8 Å². The lowest BCUT2D eigenvalue weighted by Gasteiger charge is -2.33. The molecule has 1 aliphatic rings. The minimum absolute atomic E-state index is 0.133. The van der Waals surface area contributed by atoms with Gasteiger partial charge in [-0.05, 0) is 18.2 Å². The molecule has 0 aromatic heterocycles. The van der Waals surface area contributed by atoms with E-state index in [9.17, 15) is 9.59 Å². The zero-order chi connectivity index (χ0) is 15.2. The van der Waals surface area contributed by atoms with Crippen LogP contribution in [0.2, 0.25) is 0 Å². The van der Waals surface area contributed by atoms with E-state index in [-0.39, 0.29) is 19.1 Å². The van der Waals surface area contributed by atoms with E-state index < -0.39 is 11.9 Å². The maximum Gasteiger partial charge on any atom is 0.254 e. The van der Waals surface area contributed by atoms with Crippen molar-refractivity contribution in [3.63, 3.8) is 0 Å². The summed E-state index contributed by atoms with van der Waals surface area (Å²) < 4.78 is 5.21. The summed E-state index contributed by atoms with van der Waals surface area (Å²) in [6.45, 7) is 1.12. The lowest BCUT2D eigenvalue weighted by molar-refractivity contribution is -0.127. The van der Waals surface area contributed by atoms with Crippen LogP contribution in [0.1, 0.15) is 15.9 Å². The number of nitrogens with two attached hydrogens (primary N) is 2. The van der Waals surface area contributed by atoms with Crippen molar-refractivity contribution in [2.24, 2.45) is 11.5 Å². The lowest BCUT2D eigenvalue weighted by atomic mass is 10.1. The van der Waals surface area contributed by atoms with Gasteiger partial charge in [-0.25, -0.2) is 0 Å². The fourth-order valence-corrected chi connectivity index (χ4v) is 2.13. The summed E-state index contributed by atoms with van der Waals surface area (Å²) in [5.74, 6) is 4.79. The molecule has 0 saturated carbocycles. The Hall–Kier alpha value is -2.36. The summed E-state index contributed by atoms with van der Waals surface area (Å²) in [5, 5.41) is 0. The van der Waals surface area contributed by atoms with E-state index in [1.165, 1.54) is 4.90 Å². The molecular weight excluding hydrogens is 270 g/mol. The van der Waals surface area contributed by atoms with Crippen LogP contribution < -0.4 is 11.5 Å². The van der Waals surface area contributed by atoms with E-state index >= 15 is 0 Å². The average molecular weight is 287 g/mol. The molecule has 6 heteroatoms. The number of hydrogen-bond donors (Lipinski definition) is 2. The maximum absolute atomic E-state index is 12.5. The molecule has 1 aliphatic heterocycles. The standard InChI is InChI=1S/C15H17N3O3/c16-6-2-4-11-3-1-5-12(9-11)15(20)18-7-8-21-10-13(18)14(17)19/h1,3,5,9,13H,6-8,10,16H2,(H2,17,19). The molecule has 21 heavy (non-hydrogen) atoms. The monoisotopic (exact) mass is 287 g/mol. The Morgan fingerprint density at radius 2 is 2.24 bits per heavy atom. The van der Waals surface area contributed by atoms with Crippen LogP contribution in [0.3, 0.4) is 0 Å². The fraction of sp³-hybridized carbons (Fsp3) is 0.333. The van der Waals surface area contributed by atoms with Crippen molar-refractivity contribution in [1.82, 2.24) is 4.90 Å². The molecule has 0 radical (unpaired) electrons. The van der Waals surface area contributed by atoms with Gasteiger partial charge in [0, 0.05) is 17.7 Å². The second-order valence-electron chi connectivity index (χ2n) is 4.58. The molecule has 110 valence electrons. The molecule has 2 amide bonds. The predicted molar refractivity (Wildman–Crippen MR) is 77.2 cm³/mol. The first-order valence-electron chi connectivity index (χ1n) is 6.60. The van der Waals surface area contributed by atoms with Crippen molar-refractivity contribution in [3.05, 3.63) is 35.4 Å². The molecule has 2 rings (SSSR count). The normalized spacial score (nSPS) is 17.8. The molecular formula is C15H17N3O3. The third-order valence-electron chi connectivity index (χ3n) is 3.16. The number of hydrogen-bond acceptors (Lipinski definition) is 4. The Bertz CT molecular complexity index is 604. The molecule has 1 atom stereocenters. The van der Waals surface area contributed by atoms with Crippen LogP contribution in [0.5, 0.6) is 0 Å². The summed E-state index contributed by atoms with van der Waals surface area (Å²) in [7, 11) is 0. The van der Waals surface area contributed by atoms with E-state index in [1.54, 1.807) is 24.3 Å². The van der Waals surface area contributed by atoms with Crippen molar-refractivity contribution in [2.75, 3.05) is 26.3 Å². The largest absolute Gasteiger partial charge is 0.377 e. The first-order chi connectivity index (χ1) is 10.1. The number of rotatable bonds is 2. The van der Waals surface area contributed by atoms with Crippen LogP contribution in [-0.2, 0) is 9.53 Å². The molecule has 0 bridgehead atoms. The van der Waals surface area contributed by atoms with Gasteiger partial charge in [-0.15, -0.1) is 0 Å². The third-order valence-corrected chi connectivity index (χ3v) is 3.16. The molecule has 1 unspecified atom stereocenters. The minimum Gasteiger partial charge on any atom is -0.377 e. The SMILES string of the molecule is NCC#Cc1cccc(C(=O)N2CCOCC2C(N)=O)c1. The minimum atomic E-state index is -0.731. The highest BCUT2D eigenvalue weighted by molar-refractivity contribution is 5.97. The Morgan fingerprint density at radius 1 is 1.43 bits per heavy atom. The van der Waals surface area contributed by atoms with Gasteiger partial charge in [0.15, 0.2) is 0 Å². The Morgan fingerprint density at radius 3 is 2.95 bits per heavy atom. The molecule has 1 heterocycles. The molecule has 4 N–H and O–H groups in total. The first kappa shape index (κ1) is 15.0. The Balaban J connectivity index is 2.24. The fourth-order valence-electron chi connectivity index (χ4n) is 2.13. The smallest absolute Gasteiger partial charge is 0.254 e. The molecule has 0 aliphatic carbocycles. The van der Waals surface area contributed by atoms with Gasteiger partial charge >= 0.3 is 0 Å². The second kappa shape index (κ2) is 6.88. The highest BCUT2D eigenvalue weighted by Gasteiger charge is 2.31. The van der Waals surface area contributed by atoms with Gasteiger partial charge in [0.1, 0.15) is 6.04 Å². The number of primary amides is 1. The number of carbonyl (C=O) groups excluding carboxylic acids is 2. The molecule has 1 fully saturated rings. The van der Waals surface area contributed by atoms with Gasteiger partial charge < -0.3 is 21.1 Å². The number of carbonyl (C=O) groups is 2. The van der Waals surface area contributed by atoms with Crippen LogP contribution in [0.4, 0.5) is 0 Å². The highest BCUT2D eigenvalue weighted by Crippen LogP contribution is 2.13. The van der Waals surface area contributed by atoms with Crippen LogP contribution >= 0.6 is 0 Å². The topological polar surface area (TPSA) is 98.7 Å². The predicted octanol–water partition coefficient (Wildman–Crippen LogP) is -0.677. The van der Waals surface area contributed by atoms with Crippen molar-refractivity contribution in [3.8, 4) is 11.8 Å². The summed E-state index contributed by atoms with van der Waals surface area (Å²) in [6.07, 6.45) is 0. The summed E-state index contributed by atoms with van der Waals surface area (Å²) in [5.41, 5.74) is 11.8. The quantitative estimate of drug-likeness (QED) is 0.704. The molecule has 1 aromatic rings. The van der Waals surface area contributed by atoms with Crippen molar-refractivity contribution < 1.29 is 14.3 Å². The molecule has 6 nitrogen and oxygen atoms in total. The van der Waals surface area contributed by atoms with Crippen molar-refractivity contribution >= 4 is 11.8 Å². The lowest BCUT2D eigenvalue weighted by Crippen LogP contribution is -2.54. The van der Waals surface area contributed by atoms with Crippen LogP contribution in [0, 0.1) is 11.8 Å². The number of benzene rings is 1. The Kier molecular flexibility index (Phi) is 4.93. The molecule has 0 spiro atoms. The third kappa shape index (κ3) is 3.60. The van der Waals surface area contributed by atoms with E-state index in [4.69, 9.17) is 16.2 Å². The van der Waals surface area contributed by atoms with Gasteiger partial charge in [-0.1, -0.05) is 17.9 Å². The number of morpholine rings is 1. The summed E-state index contributed by atoms with van der Waals surface area (Å²) >= 11 is 0. The van der Waals surface area contributed by atoms with Crippen molar-refractivity contribution in [2.45, 2.75) is 6.04 Å². The number of ether oxygens (including phenoxy) is 1. The van der Waals surface area contributed by atoms with E-state index in [0.717, 1.165) is 0 Å².